The first-order chi connectivity index (χ1) is 11.6. The molecule has 0 aromatic heterocycles. The Balaban J connectivity index is 3.83. The summed E-state index contributed by atoms with van der Waals surface area (Å²) in [5, 5.41) is 8.96. The standard InChI is InChI=1S/C20H39NO4/c1-6-17(2)13-11-9-7-8-10-12-14-20(24)25-18(15-19(22)23)16-21(3,4)5/h17-18H,6-16H2,1-5H3/p+1. The topological polar surface area (TPSA) is 63.6 Å². The van der Waals surface area contributed by atoms with Gasteiger partial charge in [0.2, 0.25) is 0 Å². The summed E-state index contributed by atoms with van der Waals surface area (Å²) in [6.07, 6.45) is 9.13. The van der Waals surface area contributed by atoms with Gasteiger partial charge in [0.25, 0.3) is 0 Å². The molecule has 1 N–H and O–H groups in total. The number of hydrogen-bond acceptors (Lipinski definition) is 3. The van der Waals surface area contributed by atoms with Crippen molar-refractivity contribution in [1.82, 2.24) is 0 Å². The number of quaternary nitrogens is 1. The Morgan fingerprint density at radius 3 is 2.08 bits per heavy atom. The molecule has 0 aromatic carbocycles. The van der Waals surface area contributed by atoms with E-state index in [1.54, 1.807) is 0 Å². The number of unbranched alkanes of at least 4 members (excludes halogenated alkanes) is 5. The van der Waals surface area contributed by atoms with Crippen molar-refractivity contribution in [3.8, 4) is 0 Å². The number of likely N-dealkylation sites (N-methyl/N-ethyl adjacent to an activating group) is 1. The fourth-order valence-electron chi connectivity index (χ4n) is 2.87. The van der Waals surface area contributed by atoms with E-state index in [2.05, 4.69) is 13.8 Å². The number of ether oxygens (including phenoxy) is 1. The molecule has 0 heterocycles. The first kappa shape index (κ1) is 23.9. The van der Waals surface area contributed by atoms with Gasteiger partial charge in [-0.15, -0.1) is 0 Å². The number of carbonyl (C=O) groups is 2. The molecule has 0 amide bonds. The third-order valence-electron chi connectivity index (χ3n) is 4.48. The normalized spacial score (nSPS) is 14.1. The fourth-order valence-corrected chi connectivity index (χ4v) is 2.87. The molecule has 0 saturated heterocycles. The molecule has 0 radical (unpaired) electrons. The van der Waals surface area contributed by atoms with Crippen LogP contribution in [0.1, 0.15) is 78.1 Å². The van der Waals surface area contributed by atoms with Gasteiger partial charge in [-0.25, -0.2) is 0 Å². The van der Waals surface area contributed by atoms with Gasteiger partial charge in [0.05, 0.1) is 27.6 Å². The zero-order valence-electron chi connectivity index (χ0n) is 17.1. The van der Waals surface area contributed by atoms with Crippen LogP contribution in [0.2, 0.25) is 0 Å². The zero-order valence-corrected chi connectivity index (χ0v) is 17.1. The van der Waals surface area contributed by atoms with Crippen molar-refractivity contribution in [2.24, 2.45) is 5.92 Å². The SMILES string of the molecule is CCC(C)CCCCCCCCC(=O)OC(CC(=O)O)C[N+](C)(C)C. The number of aliphatic carboxylic acids is 1. The number of esters is 1. The molecule has 0 fully saturated rings. The van der Waals surface area contributed by atoms with Crippen molar-refractivity contribution in [1.29, 1.82) is 0 Å². The first-order valence-corrected chi connectivity index (χ1v) is 9.85. The van der Waals surface area contributed by atoms with Crippen LogP contribution in [0.3, 0.4) is 0 Å². The van der Waals surface area contributed by atoms with Gasteiger partial charge in [-0.3, -0.25) is 9.59 Å². The Morgan fingerprint density at radius 1 is 1.00 bits per heavy atom. The second-order valence-electron chi connectivity index (χ2n) is 8.36. The van der Waals surface area contributed by atoms with Crippen LogP contribution >= 0.6 is 0 Å². The van der Waals surface area contributed by atoms with Crippen LogP contribution < -0.4 is 0 Å². The van der Waals surface area contributed by atoms with Crippen LogP contribution in [0, 0.1) is 5.92 Å². The minimum atomic E-state index is -0.927. The Bertz CT molecular complexity index is 376. The molecule has 148 valence electrons. The molecule has 0 aliphatic carbocycles. The molecule has 25 heavy (non-hydrogen) atoms. The van der Waals surface area contributed by atoms with Crippen molar-refractivity contribution < 1.29 is 23.9 Å². The summed E-state index contributed by atoms with van der Waals surface area (Å²) in [5.41, 5.74) is 0. The molecular weight excluding hydrogens is 318 g/mol. The van der Waals surface area contributed by atoms with E-state index >= 15 is 0 Å². The van der Waals surface area contributed by atoms with E-state index in [1.165, 1.54) is 32.1 Å². The molecule has 2 atom stereocenters. The Hall–Kier alpha value is -1.10. The maximum Gasteiger partial charge on any atom is 0.307 e. The van der Waals surface area contributed by atoms with E-state index in [9.17, 15) is 9.59 Å². The predicted molar refractivity (Wildman–Crippen MR) is 101 cm³/mol. The molecule has 0 aliphatic heterocycles. The van der Waals surface area contributed by atoms with E-state index in [0.29, 0.717) is 17.4 Å². The number of carboxylic acids is 1. The maximum atomic E-state index is 11.9. The summed E-state index contributed by atoms with van der Waals surface area (Å²) in [6, 6.07) is 0. The number of nitrogens with zero attached hydrogens (tertiary/aromatic N) is 1. The van der Waals surface area contributed by atoms with Gasteiger partial charge in [0, 0.05) is 6.42 Å². The largest absolute Gasteiger partial charge is 0.481 e. The molecule has 0 saturated carbocycles. The van der Waals surface area contributed by atoms with Crippen molar-refractivity contribution in [2.75, 3.05) is 27.7 Å². The highest BCUT2D eigenvalue weighted by Gasteiger charge is 2.24. The van der Waals surface area contributed by atoms with Crippen LogP contribution in [-0.4, -0.2) is 55.3 Å². The quantitative estimate of drug-likeness (QED) is 0.270. The van der Waals surface area contributed by atoms with Gasteiger partial charge in [-0.2, -0.15) is 0 Å². The molecule has 0 aliphatic rings. The van der Waals surface area contributed by atoms with Crippen LogP contribution in [0.4, 0.5) is 0 Å². The average molecular weight is 359 g/mol. The lowest BCUT2D eigenvalue weighted by molar-refractivity contribution is -0.873. The van der Waals surface area contributed by atoms with Crippen molar-refractivity contribution in [2.45, 2.75) is 84.2 Å². The Labute approximate surface area is 154 Å². The van der Waals surface area contributed by atoms with Crippen LogP contribution in [0.15, 0.2) is 0 Å². The number of rotatable bonds is 15. The Morgan fingerprint density at radius 2 is 1.56 bits per heavy atom. The molecule has 0 rings (SSSR count). The third kappa shape index (κ3) is 16.1. The van der Waals surface area contributed by atoms with Crippen molar-refractivity contribution in [3.63, 3.8) is 0 Å². The molecule has 0 spiro atoms. The van der Waals surface area contributed by atoms with E-state index in [0.717, 1.165) is 25.2 Å². The van der Waals surface area contributed by atoms with E-state index in [-0.39, 0.29) is 12.4 Å². The summed E-state index contributed by atoms with van der Waals surface area (Å²) < 4.78 is 5.96. The van der Waals surface area contributed by atoms with E-state index in [4.69, 9.17) is 9.84 Å². The van der Waals surface area contributed by atoms with Gasteiger partial charge in [-0.1, -0.05) is 58.8 Å². The summed E-state index contributed by atoms with van der Waals surface area (Å²) in [7, 11) is 5.89. The second kappa shape index (κ2) is 13.2. The molecular formula is C20H40NO4+. The molecule has 0 aromatic rings. The van der Waals surface area contributed by atoms with Crippen LogP contribution in [0.5, 0.6) is 0 Å². The monoisotopic (exact) mass is 358 g/mol. The van der Waals surface area contributed by atoms with Crippen LogP contribution in [0.25, 0.3) is 0 Å². The number of carbonyl (C=O) groups excluding carboxylic acids is 1. The molecule has 2 unspecified atom stereocenters. The highest BCUT2D eigenvalue weighted by molar-refractivity contribution is 5.71. The Kier molecular flexibility index (Phi) is 12.6. The number of hydrogen-bond donors (Lipinski definition) is 1. The van der Waals surface area contributed by atoms with Gasteiger partial charge >= 0.3 is 11.9 Å². The number of carboxylic acid groups (broad SMARTS) is 1. The highest BCUT2D eigenvalue weighted by atomic mass is 16.5. The van der Waals surface area contributed by atoms with E-state index in [1.807, 2.05) is 21.1 Å². The third-order valence-corrected chi connectivity index (χ3v) is 4.48. The summed E-state index contributed by atoms with van der Waals surface area (Å²) in [5.74, 6) is -0.361. The first-order valence-electron chi connectivity index (χ1n) is 9.85. The minimum Gasteiger partial charge on any atom is -0.481 e. The average Bonchev–Trinajstić information content (AvgIpc) is 2.47. The molecule has 5 heteroatoms. The van der Waals surface area contributed by atoms with Gasteiger partial charge in [0.1, 0.15) is 6.54 Å². The lowest BCUT2D eigenvalue weighted by atomic mass is 10.00. The molecule has 5 nitrogen and oxygen atoms in total. The van der Waals surface area contributed by atoms with Gasteiger partial charge in [-0.05, 0) is 12.3 Å². The predicted octanol–water partition coefficient (Wildman–Crippen LogP) is 4.25. The lowest BCUT2D eigenvalue weighted by Crippen LogP contribution is -2.43. The summed E-state index contributed by atoms with van der Waals surface area (Å²) in [6.45, 7) is 5.06. The lowest BCUT2D eigenvalue weighted by Gasteiger charge is -2.28. The van der Waals surface area contributed by atoms with Crippen LogP contribution in [-0.2, 0) is 14.3 Å². The summed E-state index contributed by atoms with van der Waals surface area (Å²) >= 11 is 0. The molecule has 0 bridgehead atoms. The van der Waals surface area contributed by atoms with E-state index < -0.39 is 12.1 Å². The van der Waals surface area contributed by atoms with Gasteiger partial charge in [0.15, 0.2) is 6.10 Å². The highest BCUT2D eigenvalue weighted by Crippen LogP contribution is 2.15. The summed E-state index contributed by atoms with van der Waals surface area (Å²) in [4.78, 5) is 22.9. The van der Waals surface area contributed by atoms with Gasteiger partial charge < -0.3 is 14.3 Å². The maximum absolute atomic E-state index is 11.9. The smallest absolute Gasteiger partial charge is 0.307 e. The van der Waals surface area contributed by atoms with Crippen molar-refractivity contribution in [3.05, 3.63) is 0 Å². The zero-order chi connectivity index (χ0) is 19.3. The second-order valence-corrected chi connectivity index (χ2v) is 8.36. The fraction of sp³-hybridized carbons (Fsp3) is 0.900. The van der Waals surface area contributed by atoms with Crippen molar-refractivity contribution >= 4 is 11.9 Å². The minimum absolute atomic E-state index is 0.128.